The zero-order valence-corrected chi connectivity index (χ0v) is 14.0. The molecule has 2 amide bonds. The molecular weight excluding hydrogens is 328 g/mol. The number of carboxylic acids is 1. The molecule has 0 radical (unpaired) electrons. The zero-order chi connectivity index (χ0) is 18.4. The molecule has 0 saturated heterocycles. The third-order valence-electron chi connectivity index (χ3n) is 3.36. The molecule has 0 heterocycles. The van der Waals surface area contributed by atoms with Crippen molar-refractivity contribution in [2.45, 2.75) is 0 Å². The molecule has 0 aliphatic carbocycles. The van der Waals surface area contributed by atoms with Crippen LogP contribution in [0.2, 0.25) is 0 Å². The Morgan fingerprint density at radius 3 is 2.00 bits per heavy atom. The normalized spacial score (nSPS) is 9.88. The Bertz CT molecular complexity index is 791. The Balaban J connectivity index is 2.29. The van der Waals surface area contributed by atoms with Crippen molar-refractivity contribution in [1.29, 1.82) is 0 Å². The smallest absolute Gasteiger partial charge is 0.337 e. The number of para-hydroxylation sites is 2. The molecular formula is C17H18N2O6. The van der Waals surface area contributed by atoms with Gasteiger partial charge in [-0.25, -0.2) is 9.59 Å². The number of methoxy groups -OCH3 is 3. The molecule has 8 nitrogen and oxygen atoms in total. The number of amides is 2. The molecule has 2 aromatic rings. The van der Waals surface area contributed by atoms with Gasteiger partial charge < -0.3 is 30.0 Å². The second-order valence-electron chi connectivity index (χ2n) is 4.84. The fourth-order valence-corrected chi connectivity index (χ4v) is 2.18. The second kappa shape index (κ2) is 7.91. The molecule has 0 unspecified atom stereocenters. The van der Waals surface area contributed by atoms with Crippen molar-refractivity contribution in [2.75, 3.05) is 32.0 Å². The van der Waals surface area contributed by atoms with Crippen LogP contribution < -0.4 is 24.8 Å². The highest BCUT2D eigenvalue weighted by Gasteiger charge is 2.18. The highest BCUT2D eigenvalue weighted by atomic mass is 16.5. The summed E-state index contributed by atoms with van der Waals surface area (Å²) >= 11 is 0. The summed E-state index contributed by atoms with van der Waals surface area (Å²) < 4.78 is 15.4. The predicted octanol–water partition coefficient (Wildman–Crippen LogP) is 3.05. The number of rotatable bonds is 6. The van der Waals surface area contributed by atoms with E-state index in [4.69, 9.17) is 14.2 Å². The summed E-state index contributed by atoms with van der Waals surface area (Å²) in [7, 11) is 4.29. The molecule has 132 valence electrons. The number of hydrogen-bond donors (Lipinski definition) is 3. The van der Waals surface area contributed by atoms with Gasteiger partial charge in [-0.1, -0.05) is 12.1 Å². The van der Waals surface area contributed by atoms with E-state index in [2.05, 4.69) is 10.6 Å². The summed E-state index contributed by atoms with van der Waals surface area (Å²) in [5, 5.41) is 14.4. The highest BCUT2D eigenvalue weighted by molar-refractivity contribution is 6.05. The van der Waals surface area contributed by atoms with Gasteiger partial charge in [0, 0.05) is 12.1 Å². The van der Waals surface area contributed by atoms with Crippen LogP contribution in [0.4, 0.5) is 16.2 Å². The van der Waals surface area contributed by atoms with Crippen LogP contribution in [0, 0.1) is 0 Å². The van der Waals surface area contributed by atoms with Crippen molar-refractivity contribution >= 4 is 23.4 Å². The maximum atomic E-state index is 12.2. The standard InChI is InChI=1S/C17H18N2O6/c1-23-13-7-5-4-6-11(13)18-17(22)19-12-9-15(25-3)14(24-2)8-10(12)16(20)21/h4-9H,1-3H3,(H,20,21)(H2,18,19,22). The largest absolute Gasteiger partial charge is 0.495 e. The van der Waals surface area contributed by atoms with E-state index in [1.54, 1.807) is 24.3 Å². The van der Waals surface area contributed by atoms with E-state index in [9.17, 15) is 14.7 Å². The lowest BCUT2D eigenvalue weighted by Crippen LogP contribution is -2.21. The van der Waals surface area contributed by atoms with Crippen LogP contribution in [-0.4, -0.2) is 38.4 Å². The van der Waals surface area contributed by atoms with Crippen molar-refractivity contribution in [3.05, 3.63) is 42.0 Å². The number of nitrogens with one attached hydrogen (secondary N) is 2. The molecule has 0 aliphatic rings. The average Bonchev–Trinajstić information content (AvgIpc) is 2.61. The van der Waals surface area contributed by atoms with Gasteiger partial charge in [-0.15, -0.1) is 0 Å². The summed E-state index contributed by atoms with van der Waals surface area (Å²) in [5.41, 5.74) is 0.380. The number of carbonyl (C=O) groups excluding carboxylic acids is 1. The molecule has 0 spiro atoms. The Morgan fingerprint density at radius 1 is 0.840 bits per heavy atom. The molecule has 0 aromatic heterocycles. The molecule has 0 atom stereocenters. The third kappa shape index (κ3) is 4.11. The number of carbonyl (C=O) groups is 2. The van der Waals surface area contributed by atoms with E-state index in [1.165, 1.54) is 33.5 Å². The Kier molecular flexibility index (Phi) is 5.67. The maximum Gasteiger partial charge on any atom is 0.337 e. The SMILES string of the molecule is COc1ccccc1NC(=O)Nc1cc(OC)c(OC)cc1C(=O)O. The minimum atomic E-state index is -1.21. The topological polar surface area (TPSA) is 106 Å². The Hall–Kier alpha value is -3.42. The summed E-state index contributed by atoms with van der Waals surface area (Å²) in [6.07, 6.45) is 0. The lowest BCUT2D eigenvalue weighted by atomic mass is 10.1. The van der Waals surface area contributed by atoms with E-state index < -0.39 is 12.0 Å². The number of anilines is 2. The van der Waals surface area contributed by atoms with Gasteiger partial charge in [0.25, 0.3) is 0 Å². The van der Waals surface area contributed by atoms with Crippen LogP contribution in [-0.2, 0) is 0 Å². The van der Waals surface area contributed by atoms with Crippen LogP contribution in [0.15, 0.2) is 36.4 Å². The summed E-state index contributed by atoms with van der Waals surface area (Å²) in [6, 6.07) is 8.87. The fraction of sp³-hybridized carbons (Fsp3) is 0.176. The summed E-state index contributed by atoms with van der Waals surface area (Å²) in [6.45, 7) is 0. The number of aromatic carboxylic acids is 1. The van der Waals surface area contributed by atoms with Gasteiger partial charge in [-0.2, -0.15) is 0 Å². The van der Waals surface area contributed by atoms with E-state index >= 15 is 0 Å². The van der Waals surface area contributed by atoms with Crippen LogP contribution >= 0.6 is 0 Å². The number of urea groups is 1. The van der Waals surface area contributed by atoms with Gasteiger partial charge >= 0.3 is 12.0 Å². The molecule has 8 heteroatoms. The van der Waals surface area contributed by atoms with Crippen molar-refractivity contribution in [3.63, 3.8) is 0 Å². The highest BCUT2D eigenvalue weighted by Crippen LogP contribution is 2.33. The monoisotopic (exact) mass is 346 g/mol. The van der Waals surface area contributed by atoms with Crippen molar-refractivity contribution in [1.82, 2.24) is 0 Å². The third-order valence-corrected chi connectivity index (χ3v) is 3.36. The first-order valence-corrected chi connectivity index (χ1v) is 7.20. The fourth-order valence-electron chi connectivity index (χ4n) is 2.18. The van der Waals surface area contributed by atoms with Gasteiger partial charge in [0.05, 0.1) is 38.3 Å². The molecule has 2 rings (SSSR count). The Labute approximate surface area is 144 Å². The predicted molar refractivity (Wildman–Crippen MR) is 92.1 cm³/mol. The number of hydrogen-bond acceptors (Lipinski definition) is 5. The van der Waals surface area contributed by atoms with E-state index in [1.807, 2.05) is 0 Å². The summed E-state index contributed by atoms with van der Waals surface area (Å²) in [4.78, 5) is 23.7. The first-order chi connectivity index (χ1) is 12.0. The average molecular weight is 346 g/mol. The maximum absolute atomic E-state index is 12.2. The number of benzene rings is 2. The van der Waals surface area contributed by atoms with Crippen LogP contribution in [0.1, 0.15) is 10.4 Å². The van der Waals surface area contributed by atoms with Crippen molar-refractivity contribution < 1.29 is 28.9 Å². The van der Waals surface area contributed by atoms with Crippen LogP contribution in [0.5, 0.6) is 17.2 Å². The first kappa shape index (κ1) is 17.9. The molecule has 3 N–H and O–H groups in total. The molecule has 0 bridgehead atoms. The van der Waals surface area contributed by atoms with E-state index in [0.717, 1.165) is 0 Å². The van der Waals surface area contributed by atoms with Crippen LogP contribution in [0.3, 0.4) is 0 Å². The van der Waals surface area contributed by atoms with Crippen molar-refractivity contribution in [2.24, 2.45) is 0 Å². The molecule has 0 saturated carbocycles. The lowest BCUT2D eigenvalue weighted by Gasteiger charge is -2.15. The quantitative estimate of drug-likeness (QED) is 0.742. The minimum absolute atomic E-state index is 0.0672. The van der Waals surface area contributed by atoms with Gasteiger partial charge in [-0.05, 0) is 12.1 Å². The number of ether oxygens (including phenoxy) is 3. The molecule has 25 heavy (non-hydrogen) atoms. The molecule has 2 aromatic carbocycles. The zero-order valence-electron chi connectivity index (χ0n) is 14.0. The van der Waals surface area contributed by atoms with E-state index in [-0.39, 0.29) is 17.0 Å². The van der Waals surface area contributed by atoms with Crippen LogP contribution in [0.25, 0.3) is 0 Å². The molecule has 0 aliphatic heterocycles. The Morgan fingerprint density at radius 2 is 1.40 bits per heavy atom. The van der Waals surface area contributed by atoms with Gasteiger partial charge in [0.15, 0.2) is 11.5 Å². The van der Waals surface area contributed by atoms with Gasteiger partial charge in [0.1, 0.15) is 5.75 Å². The van der Waals surface area contributed by atoms with Gasteiger partial charge in [-0.3, -0.25) is 0 Å². The minimum Gasteiger partial charge on any atom is -0.495 e. The van der Waals surface area contributed by atoms with Gasteiger partial charge in [0.2, 0.25) is 0 Å². The second-order valence-corrected chi connectivity index (χ2v) is 4.84. The summed E-state index contributed by atoms with van der Waals surface area (Å²) in [5.74, 6) is -0.201. The van der Waals surface area contributed by atoms with Crippen molar-refractivity contribution in [3.8, 4) is 17.2 Å². The number of carboxylic acid groups (broad SMARTS) is 1. The molecule has 0 fully saturated rings. The van der Waals surface area contributed by atoms with E-state index in [0.29, 0.717) is 17.2 Å². The first-order valence-electron chi connectivity index (χ1n) is 7.20. The lowest BCUT2D eigenvalue weighted by molar-refractivity contribution is 0.0697.